The van der Waals surface area contributed by atoms with Crippen molar-refractivity contribution >= 4 is 16.5 Å². The third-order valence-corrected chi connectivity index (χ3v) is 4.65. The molecule has 116 valence electrons. The van der Waals surface area contributed by atoms with E-state index in [9.17, 15) is 0 Å². The van der Waals surface area contributed by atoms with E-state index in [4.69, 9.17) is 0 Å². The van der Waals surface area contributed by atoms with Crippen molar-refractivity contribution in [3.05, 3.63) is 78.4 Å². The first kappa shape index (κ1) is 14.3. The van der Waals surface area contributed by atoms with E-state index in [1.807, 2.05) is 0 Å². The van der Waals surface area contributed by atoms with Crippen molar-refractivity contribution in [3.63, 3.8) is 0 Å². The van der Waals surface area contributed by atoms with E-state index in [1.54, 1.807) is 0 Å². The molecular weight excluding hydrogens is 280 g/mol. The van der Waals surface area contributed by atoms with Crippen LogP contribution in [-0.2, 0) is 6.54 Å². The third kappa shape index (κ3) is 3.22. The summed E-state index contributed by atoms with van der Waals surface area (Å²) in [5, 5.41) is 6.01. The number of benzene rings is 3. The van der Waals surface area contributed by atoms with Gasteiger partial charge in [0.25, 0.3) is 0 Å². The molecule has 1 N–H and O–H groups in total. The topological polar surface area (TPSA) is 15.3 Å². The minimum Gasteiger partial charge on any atom is -0.367 e. The zero-order valence-electron chi connectivity index (χ0n) is 13.3. The van der Waals surface area contributed by atoms with Crippen molar-refractivity contribution in [2.45, 2.75) is 6.54 Å². The highest BCUT2D eigenvalue weighted by Crippen LogP contribution is 2.22. The summed E-state index contributed by atoms with van der Waals surface area (Å²) >= 11 is 0. The van der Waals surface area contributed by atoms with Crippen LogP contribution in [0.4, 0.5) is 5.69 Å². The number of nitrogens with one attached hydrogen (secondary N) is 1. The predicted molar refractivity (Wildman–Crippen MR) is 97.8 cm³/mol. The number of hydrogen-bond donors (Lipinski definition) is 1. The van der Waals surface area contributed by atoms with Crippen molar-refractivity contribution in [1.82, 2.24) is 5.32 Å². The van der Waals surface area contributed by atoms with Crippen molar-refractivity contribution in [1.29, 1.82) is 0 Å². The fraction of sp³-hybridized carbons (Fsp3) is 0.238. The molecule has 1 heterocycles. The molecule has 3 aromatic carbocycles. The Bertz CT molecular complexity index is 778. The van der Waals surface area contributed by atoms with Crippen LogP contribution in [0, 0.1) is 5.92 Å². The maximum atomic E-state index is 3.38. The summed E-state index contributed by atoms with van der Waals surface area (Å²) < 4.78 is 0. The van der Waals surface area contributed by atoms with Gasteiger partial charge in [0.2, 0.25) is 0 Å². The molecule has 0 radical (unpaired) electrons. The highest BCUT2D eigenvalue weighted by Gasteiger charge is 2.20. The summed E-state index contributed by atoms with van der Waals surface area (Å²) in [6.07, 6.45) is 0. The molecule has 1 aliphatic rings. The zero-order chi connectivity index (χ0) is 15.5. The van der Waals surface area contributed by atoms with Gasteiger partial charge in [-0.15, -0.1) is 0 Å². The third-order valence-electron chi connectivity index (χ3n) is 4.65. The molecule has 23 heavy (non-hydrogen) atoms. The van der Waals surface area contributed by atoms with E-state index >= 15 is 0 Å². The average molecular weight is 302 g/mol. The Balaban J connectivity index is 1.60. The van der Waals surface area contributed by atoms with Gasteiger partial charge >= 0.3 is 0 Å². The summed E-state index contributed by atoms with van der Waals surface area (Å²) in [7, 11) is 0. The highest BCUT2D eigenvalue weighted by molar-refractivity contribution is 5.83. The van der Waals surface area contributed by atoms with Gasteiger partial charge < -0.3 is 10.2 Å². The quantitative estimate of drug-likeness (QED) is 0.764. The lowest BCUT2D eigenvalue weighted by molar-refractivity contribution is 0.348. The van der Waals surface area contributed by atoms with Crippen LogP contribution < -0.4 is 10.2 Å². The fourth-order valence-electron chi connectivity index (χ4n) is 3.25. The predicted octanol–water partition coefficient (Wildman–Crippen LogP) is 4.07. The maximum absolute atomic E-state index is 3.38. The summed E-state index contributed by atoms with van der Waals surface area (Å²) in [4.78, 5) is 2.51. The van der Waals surface area contributed by atoms with Crippen LogP contribution in [0.3, 0.4) is 0 Å². The van der Waals surface area contributed by atoms with Crippen molar-refractivity contribution in [2.24, 2.45) is 5.92 Å². The fourth-order valence-corrected chi connectivity index (χ4v) is 3.25. The highest BCUT2D eigenvalue weighted by atomic mass is 15.1. The van der Waals surface area contributed by atoms with Crippen LogP contribution in [0.25, 0.3) is 10.8 Å². The molecule has 0 saturated carbocycles. The molecule has 1 saturated heterocycles. The van der Waals surface area contributed by atoms with E-state index < -0.39 is 0 Å². The van der Waals surface area contributed by atoms with Gasteiger partial charge in [-0.25, -0.2) is 0 Å². The molecule has 1 fully saturated rings. The van der Waals surface area contributed by atoms with Gasteiger partial charge in [0.15, 0.2) is 0 Å². The molecule has 0 unspecified atom stereocenters. The maximum Gasteiger partial charge on any atom is 0.0429 e. The second kappa shape index (κ2) is 6.43. The lowest BCUT2D eigenvalue weighted by Crippen LogP contribution is -2.48. The van der Waals surface area contributed by atoms with Gasteiger partial charge in [-0.3, -0.25) is 0 Å². The van der Waals surface area contributed by atoms with E-state index in [-0.39, 0.29) is 0 Å². The van der Waals surface area contributed by atoms with E-state index in [0.717, 1.165) is 32.1 Å². The summed E-state index contributed by atoms with van der Waals surface area (Å²) in [6, 6.07) is 26.2. The summed E-state index contributed by atoms with van der Waals surface area (Å²) in [6.45, 7) is 4.36. The first-order chi connectivity index (χ1) is 11.4. The lowest BCUT2D eigenvalue weighted by Gasteiger charge is -2.34. The van der Waals surface area contributed by atoms with Crippen LogP contribution in [0.15, 0.2) is 72.8 Å². The largest absolute Gasteiger partial charge is 0.367 e. The number of hydrogen-bond acceptors (Lipinski definition) is 2. The molecule has 0 bridgehead atoms. The number of fused-ring (bicyclic) bond motifs is 1. The molecule has 0 aromatic heterocycles. The van der Waals surface area contributed by atoms with Crippen LogP contribution >= 0.6 is 0 Å². The van der Waals surface area contributed by atoms with E-state index in [1.165, 1.54) is 22.0 Å². The second-order valence-electron chi connectivity index (χ2n) is 6.42. The summed E-state index contributed by atoms with van der Waals surface area (Å²) in [5.41, 5.74) is 2.69. The average Bonchev–Trinajstić information content (AvgIpc) is 2.57. The lowest BCUT2D eigenvalue weighted by atomic mass is 10.0. The Morgan fingerprint density at radius 3 is 2.30 bits per heavy atom. The zero-order valence-corrected chi connectivity index (χ0v) is 13.3. The smallest absolute Gasteiger partial charge is 0.0429 e. The number of rotatable bonds is 5. The molecule has 4 rings (SSSR count). The molecular formula is C21H22N2. The molecule has 0 spiro atoms. The van der Waals surface area contributed by atoms with Gasteiger partial charge in [-0.2, -0.15) is 0 Å². The molecule has 0 amide bonds. The monoisotopic (exact) mass is 302 g/mol. The van der Waals surface area contributed by atoms with E-state index in [0.29, 0.717) is 0 Å². The van der Waals surface area contributed by atoms with E-state index in [2.05, 4.69) is 83.0 Å². The number of nitrogens with zero attached hydrogens (tertiary/aromatic N) is 1. The minimum atomic E-state index is 0.760. The Morgan fingerprint density at radius 2 is 1.57 bits per heavy atom. The van der Waals surface area contributed by atoms with Gasteiger partial charge in [-0.1, -0.05) is 54.6 Å². The van der Waals surface area contributed by atoms with Crippen LogP contribution in [0.1, 0.15) is 5.56 Å². The Kier molecular flexibility index (Phi) is 3.99. The Hall–Kier alpha value is -2.32. The Labute approximate surface area is 137 Å². The van der Waals surface area contributed by atoms with Crippen molar-refractivity contribution in [3.8, 4) is 0 Å². The molecule has 3 aromatic rings. The molecule has 0 atom stereocenters. The van der Waals surface area contributed by atoms with Crippen LogP contribution in [-0.4, -0.2) is 19.6 Å². The van der Waals surface area contributed by atoms with Gasteiger partial charge in [0.1, 0.15) is 0 Å². The van der Waals surface area contributed by atoms with Gasteiger partial charge in [0.05, 0.1) is 0 Å². The molecule has 1 aliphatic heterocycles. The van der Waals surface area contributed by atoms with Gasteiger partial charge in [0, 0.05) is 37.8 Å². The van der Waals surface area contributed by atoms with Gasteiger partial charge in [-0.05, 0) is 34.5 Å². The number of para-hydroxylation sites is 1. The Morgan fingerprint density at radius 1 is 0.826 bits per heavy atom. The molecule has 2 heteroatoms. The number of anilines is 1. The molecule has 0 aliphatic carbocycles. The van der Waals surface area contributed by atoms with Crippen LogP contribution in [0.5, 0.6) is 0 Å². The minimum absolute atomic E-state index is 0.760. The first-order valence-electron chi connectivity index (χ1n) is 8.37. The normalized spacial score (nSPS) is 14.6. The summed E-state index contributed by atoms with van der Waals surface area (Å²) in [5.74, 6) is 0.760. The van der Waals surface area contributed by atoms with Crippen molar-refractivity contribution < 1.29 is 0 Å². The SMILES string of the molecule is c1ccc(N(Cc2ccc3ccccc3c2)CC2CNC2)cc1. The first-order valence-corrected chi connectivity index (χ1v) is 8.37. The molecule has 2 nitrogen and oxygen atoms in total. The second-order valence-corrected chi connectivity index (χ2v) is 6.42. The van der Waals surface area contributed by atoms with Crippen molar-refractivity contribution in [2.75, 3.05) is 24.5 Å². The standard InChI is InChI=1S/C21H22N2/c1-2-8-21(9-3-1)23(16-18-13-22-14-18)15-17-10-11-19-6-4-5-7-20(19)12-17/h1-12,18,22H,13-16H2. The van der Waals surface area contributed by atoms with Crippen LogP contribution in [0.2, 0.25) is 0 Å².